The van der Waals surface area contributed by atoms with Crippen LogP contribution in [-0.2, 0) is 11.3 Å². The maximum atomic E-state index is 6.18. The Morgan fingerprint density at radius 1 is 1.35 bits per heavy atom. The molecule has 1 fully saturated rings. The zero-order valence-corrected chi connectivity index (χ0v) is 15.9. The highest BCUT2D eigenvalue weighted by Gasteiger charge is 2.21. The third kappa shape index (κ3) is 3.89. The van der Waals surface area contributed by atoms with Crippen molar-refractivity contribution in [3.05, 3.63) is 29.5 Å². The van der Waals surface area contributed by atoms with E-state index in [1.807, 2.05) is 19.1 Å². The number of rotatable bonds is 6. The highest BCUT2D eigenvalue weighted by molar-refractivity contribution is 5.77. The molecule has 0 saturated carbocycles. The van der Waals surface area contributed by atoms with E-state index in [1.54, 1.807) is 14.2 Å². The molecule has 2 aromatic rings. The van der Waals surface area contributed by atoms with Gasteiger partial charge in [-0.3, -0.25) is 0 Å². The molecule has 1 saturated heterocycles. The van der Waals surface area contributed by atoms with E-state index < -0.39 is 0 Å². The van der Waals surface area contributed by atoms with Gasteiger partial charge < -0.3 is 25.4 Å². The lowest BCUT2D eigenvalue weighted by atomic mass is 10.0. The van der Waals surface area contributed by atoms with Crippen LogP contribution in [0.4, 0.5) is 11.8 Å². The molecule has 2 heterocycles. The highest BCUT2D eigenvalue weighted by atomic mass is 16.5. The van der Waals surface area contributed by atoms with Gasteiger partial charge in [-0.25, -0.2) is 4.98 Å². The molecule has 1 aliphatic rings. The van der Waals surface area contributed by atoms with E-state index in [1.165, 1.54) is 0 Å². The first-order valence-electron chi connectivity index (χ1n) is 8.81. The van der Waals surface area contributed by atoms with Gasteiger partial charge in [0, 0.05) is 31.3 Å². The first-order chi connectivity index (χ1) is 12.5. The number of ether oxygens (including phenoxy) is 2. The van der Waals surface area contributed by atoms with Crippen LogP contribution in [0.3, 0.4) is 0 Å². The van der Waals surface area contributed by atoms with Crippen molar-refractivity contribution >= 4 is 11.8 Å². The van der Waals surface area contributed by atoms with Crippen LogP contribution in [0, 0.1) is 6.92 Å². The quantitative estimate of drug-likeness (QED) is 0.820. The molecule has 1 aromatic carbocycles. The molecular weight excluding hydrogens is 330 g/mol. The lowest BCUT2D eigenvalue weighted by molar-refractivity contribution is 0.0473. The van der Waals surface area contributed by atoms with Crippen molar-refractivity contribution in [1.82, 2.24) is 14.9 Å². The van der Waals surface area contributed by atoms with Gasteiger partial charge in [-0.2, -0.15) is 4.98 Å². The maximum Gasteiger partial charge on any atom is 0.224 e. The lowest BCUT2D eigenvalue weighted by Crippen LogP contribution is -2.19. The number of benzene rings is 1. The summed E-state index contributed by atoms with van der Waals surface area (Å²) >= 11 is 0. The molecule has 0 spiro atoms. The van der Waals surface area contributed by atoms with Crippen LogP contribution in [-0.4, -0.2) is 55.3 Å². The topological polar surface area (TPSA) is 85.5 Å². The second-order valence-electron chi connectivity index (χ2n) is 6.65. The van der Waals surface area contributed by atoms with E-state index >= 15 is 0 Å². The number of methoxy groups -OCH3 is 1. The third-order valence-electron chi connectivity index (χ3n) is 4.73. The number of likely N-dealkylation sites (tertiary alicyclic amines) is 1. The number of nitrogens with one attached hydrogen (secondary N) is 1. The standard InChI is InChI=1S/C19H27N5O2/c1-12-17(18(20)23-19(21-2)22-12)13-5-6-16(25-4)14(9-13)11-26-15-7-8-24(3)10-15/h5-6,9,15H,7-8,10-11H2,1-4H3,(H3,20,21,22,23). The zero-order valence-electron chi connectivity index (χ0n) is 15.9. The number of anilines is 2. The Bertz CT molecular complexity index is 758. The summed E-state index contributed by atoms with van der Waals surface area (Å²) in [5.41, 5.74) is 9.81. The van der Waals surface area contributed by atoms with Crippen LogP contribution in [0.5, 0.6) is 5.75 Å². The van der Waals surface area contributed by atoms with Crippen LogP contribution < -0.4 is 15.8 Å². The van der Waals surface area contributed by atoms with Crippen LogP contribution in [0.15, 0.2) is 18.2 Å². The minimum atomic E-state index is 0.262. The predicted octanol–water partition coefficient (Wildman–Crippen LogP) is 2.31. The molecule has 1 unspecified atom stereocenters. The fourth-order valence-corrected chi connectivity index (χ4v) is 3.35. The van der Waals surface area contributed by atoms with Crippen molar-refractivity contribution in [2.45, 2.75) is 26.1 Å². The van der Waals surface area contributed by atoms with Crippen molar-refractivity contribution in [2.75, 3.05) is 45.3 Å². The molecule has 7 nitrogen and oxygen atoms in total. The number of aromatic nitrogens is 2. The Morgan fingerprint density at radius 2 is 2.15 bits per heavy atom. The molecule has 7 heteroatoms. The van der Waals surface area contributed by atoms with E-state index in [2.05, 4.69) is 33.3 Å². The zero-order chi connectivity index (χ0) is 18.7. The van der Waals surface area contributed by atoms with Gasteiger partial charge in [0.05, 0.1) is 25.5 Å². The molecule has 140 valence electrons. The lowest BCUT2D eigenvalue weighted by Gasteiger charge is -2.16. The number of likely N-dealkylation sites (N-methyl/N-ethyl adjacent to an activating group) is 1. The van der Waals surface area contributed by atoms with E-state index in [0.29, 0.717) is 18.4 Å². The van der Waals surface area contributed by atoms with E-state index in [-0.39, 0.29) is 6.10 Å². The summed E-state index contributed by atoms with van der Waals surface area (Å²) in [4.78, 5) is 11.0. The molecule has 0 amide bonds. The summed E-state index contributed by atoms with van der Waals surface area (Å²) in [7, 11) is 5.56. The molecule has 0 aliphatic carbocycles. The first-order valence-corrected chi connectivity index (χ1v) is 8.81. The minimum absolute atomic E-state index is 0.262. The molecule has 1 atom stereocenters. The van der Waals surface area contributed by atoms with Crippen molar-refractivity contribution in [2.24, 2.45) is 0 Å². The number of nitrogens with zero attached hydrogens (tertiary/aromatic N) is 3. The van der Waals surface area contributed by atoms with Crippen molar-refractivity contribution in [3.63, 3.8) is 0 Å². The molecule has 1 aliphatic heterocycles. The second-order valence-corrected chi connectivity index (χ2v) is 6.65. The summed E-state index contributed by atoms with van der Waals surface area (Å²) in [5, 5.41) is 2.93. The Balaban J connectivity index is 1.87. The van der Waals surface area contributed by atoms with Crippen LogP contribution >= 0.6 is 0 Å². The minimum Gasteiger partial charge on any atom is -0.496 e. The molecule has 0 bridgehead atoms. The fourth-order valence-electron chi connectivity index (χ4n) is 3.35. The molecule has 26 heavy (non-hydrogen) atoms. The van der Waals surface area contributed by atoms with E-state index in [9.17, 15) is 0 Å². The largest absolute Gasteiger partial charge is 0.496 e. The maximum absolute atomic E-state index is 6.18. The Hall–Kier alpha value is -2.38. The Labute approximate surface area is 154 Å². The molecule has 0 radical (unpaired) electrons. The van der Waals surface area contributed by atoms with Gasteiger partial charge in [-0.15, -0.1) is 0 Å². The summed E-state index contributed by atoms with van der Waals surface area (Å²) in [6.07, 6.45) is 1.32. The smallest absolute Gasteiger partial charge is 0.224 e. The normalized spacial score (nSPS) is 17.5. The van der Waals surface area contributed by atoms with Gasteiger partial charge in [-0.05, 0) is 38.1 Å². The first kappa shape index (κ1) is 18.4. The Kier molecular flexibility index (Phi) is 5.58. The van der Waals surface area contributed by atoms with Gasteiger partial charge in [0.25, 0.3) is 0 Å². The third-order valence-corrected chi connectivity index (χ3v) is 4.73. The van der Waals surface area contributed by atoms with Gasteiger partial charge in [-0.1, -0.05) is 6.07 Å². The summed E-state index contributed by atoms with van der Waals surface area (Å²) in [6.45, 7) is 4.48. The van der Waals surface area contributed by atoms with E-state index in [4.69, 9.17) is 15.2 Å². The van der Waals surface area contributed by atoms with E-state index in [0.717, 1.165) is 47.6 Å². The van der Waals surface area contributed by atoms with Gasteiger partial charge >= 0.3 is 0 Å². The second kappa shape index (κ2) is 7.88. The van der Waals surface area contributed by atoms with Gasteiger partial charge in [0.2, 0.25) is 5.95 Å². The van der Waals surface area contributed by atoms with Crippen LogP contribution in [0.1, 0.15) is 17.7 Å². The van der Waals surface area contributed by atoms with Gasteiger partial charge in [0.15, 0.2) is 0 Å². The monoisotopic (exact) mass is 357 g/mol. The number of aryl methyl sites for hydroxylation is 1. The van der Waals surface area contributed by atoms with Crippen molar-refractivity contribution in [1.29, 1.82) is 0 Å². The number of hydrogen-bond donors (Lipinski definition) is 2. The van der Waals surface area contributed by atoms with Crippen LogP contribution in [0.25, 0.3) is 11.1 Å². The van der Waals surface area contributed by atoms with Gasteiger partial charge in [0.1, 0.15) is 11.6 Å². The molecule has 3 N–H and O–H groups in total. The Morgan fingerprint density at radius 3 is 2.77 bits per heavy atom. The number of nitrogen functional groups attached to an aromatic ring is 1. The number of nitrogens with two attached hydrogens (primary N) is 1. The summed E-state index contributed by atoms with van der Waals surface area (Å²) < 4.78 is 11.6. The molecule has 1 aromatic heterocycles. The highest BCUT2D eigenvalue weighted by Crippen LogP contribution is 2.32. The average molecular weight is 357 g/mol. The fraction of sp³-hybridized carbons (Fsp3) is 0.474. The predicted molar refractivity (Wildman–Crippen MR) is 103 cm³/mol. The summed E-state index contributed by atoms with van der Waals surface area (Å²) in [5.74, 6) is 1.78. The van der Waals surface area contributed by atoms with Crippen molar-refractivity contribution in [3.8, 4) is 16.9 Å². The summed E-state index contributed by atoms with van der Waals surface area (Å²) in [6, 6.07) is 5.98. The number of hydrogen-bond acceptors (Lipinski definition) is 7. The van der Waals surface area contributed by atoms with Crippen molar-refractivity contribution < 1.29 is 9.47 Å². The average Bonchev–Trinajstić information content (AvgIpc) is 3.04. The SMILES string of the molecule is CNc1nc(C)c(-c2ccc(OC)c(COC3CCN(C)C3)c2)c(N)n1. The molecular formula is C19H27N5O2. The molecule has 3 rings (SSSR count). The van der Waals surface area contributed by atoms with Crippen LogP contribution in [0.2, 0.25) is 0 Å².